The molecule has 0 amide bonds. The Labute approximate surface area is 94.7 Å². The highest BCUT2D eigenvalue weighted by Crippen LogP contribution is 2.30. The van der Waals surface area contributed by atoms with Crippen molar-refractivity contribution >= 4 is 0 Å². The highest BCUT2D eigenvalue weighted by atomic mass is 16.7. The van der Waals surface area contributed by atoms with Gasteiger partial charge in [-0.1, -0.05) is 0 Å². The lowest BCUT2D eigenvalue weighted by atomic mass is 10.1. The van der Waals surface area contributed by atoms with Gasteiger partial charge in [0.15, 0.2) is 0 Å². The predicted molar refractivity (Wildman–Crippen MR) is 53.0 cm³/mol. The average Bonchev–Trinajstić information content (AvgIpc) is 2.86. The van der Waals surface area contributed by atoms with E-state index >= 15 is 0 Å². The summed E-state index contributed by atoms with van der Waals surface area (Å²) < 4.78 is 31.9. The van der Waals surface area contributed by atoms with Gasteiger partial charge in [0.05, 0.1) is 13.2 Å². The molecule has 6 nitrogen and oxygen atoms in total. The minimum Gasteiger partial charge on any atom is -0.370 e. The van der Waals surface area contributed by atoms with Crippen LogP contribution in [0.3, 0.4) is 0 Å². The molecule has 6 heteroatoms. The normalized spacial score (nSPS) is 37.9. The van der Waals surface area contributed by atoms with Crippen molar-refractivity contribution < 1.29 is 28.4 Å². The molecule has 2 aliphatic heterocycles. The zero-order valence-electron chi connectivity index (χ0n) is 9.59. The number of ether oxygens (including phenoxy) is 6. The summed E-state index contributed by atoms with van der Waals surface area (Å²) in [6, 6.07) is 0. The molecule has 0 bridgehead atoms. The predicted octanol–water partition coefficient (Wildman–Crippen LogP) is -0.238. The van der Waals surface area contributed by atoms with Gasteiger partial charge in [0.1, 0.15) is 38.0 Å². The summed E-state index contributed by atoms with van der Waals surface area (Å²) in [5.41, 5.74) is 0. The fraction of sp³-hybridized carbons (Fsp3) is 1.00. The lowest BCUT2D eigenvalue weighted by molar-refractivity contribution is -0.118. The zero-order chi connectivity index (χ0) is 11.4. The molecule has 16 heavy (non-hydrogen) atoms. The number of rotatable bonds is 6. The van der Waals surface area contributed by atoms with E-state index in [1.165, 1.54) is 0 Å². The second-order valence-electron chi connectivity index (χ2n) is 3.82. The van der Waals surface area contributed by atoms with Crippen LogP contribution >= 0.6 is 0 Å². The van der Waals surface area contributed by atoms with Crippen molar-refractivity contribution in [2.75, 3.05) is 41.0 Å². The number of hydrogen-bond donors (Lipinski definition) is 0. The fourth-order valence-electron chi connectivity index (χ4n) is 2.03. The van der Waals surface area contributed by atoms with E-state index in [0.29, 0.717) is 13.2 Å². The Morgan fingerprint density at radius 2 is 1.31 bits per heavy atom. The Morgan fingerprint density at radius 1 is 0.875 bits per heavy atom. The maximum Gasteiger partial charge on any atom is 0.146 e. The maximum absolute atomic E-state index is 5.61. The van der Waals surface area contributed by atoms with Gasteiger partial charge in [-0.3, -0.25) is 0 Å². The molecule has 2 aliphatic rings. The van der Waals surface area contributed by atoms with Crippen LogP contribution in [0, 0.1) is 0 Å². The lowest BCUT2D eigenvalue weighted by Crippen LogP contribution is -2.34. The van der Waals surface area contributed by atoms with E-state index < -0.39 is 0 Å². The minimum atomic E-state index is -0.0684. The molecule has 2 heterocycles. The van der Waals surface area contributed by atoms with Gasteiger partial charge in [0.2, 0.25) is 0 Å². The van der Waals surface area contributed by atoms with Gasteiger partial charge in [0.25, 0.3) is 0 Å². The first-order valence-electron chi connectivity index (χ1n) is 5.31. The van der Waals surface area contributed by atoms with Crippen LogP contribution in [0.15, 0.2) is 0 Å². The van der Waals surface area contributed by atoms with Gasteiger partial charge in [-0.15, -0.1) is 0 Å². The second-order valence-corrected chi connectivity index (χ2v) is 3.82. The molecular weight excluding hydrogens is 216 g/mol. The Bertz CT molecular complexity index is 189. The molecule has 2 rings (SSSR count). The SMILES string of the molecule is COCOC1COC2C(OCOC)COC12. The third-order valence-electron chi connectivity index (χ3n) is 2.76. The third kappa shape index (κ3) is 2.53. The average molecular weight is 234 g/mol. The Morgan fingerprint density at radius 3 is 1.69 bits per heavy atom. The number of fused-ring (bicyclic) bond motifs is 1. The summed E-state index contributed by atoms with van der Waals surface area (Å²) in [5, 5.41) is 0. The van der Waals surface area contributed by atoms with Gasteiger partial charge < -0.3 is 28.4 Å². The largest absolute Gasteiger partial charge is 0.370 e. The molecule has 4 atom stereocenters. The minimum absolute atomic E-state index is 0.0583. The first-order chi connectivity index (χ1) is 7.86. The molecule has 0 aromatic carbocycles. The topological polar surface area (TPSA) is 55.4 Å². The first-order valence-corrected chi connectivity index (χ1v) is 5.31. The van der Waals surface area contributed by atoms with E-state index in [1.807, 2.05) is 0 Å². The molecule has 0 aromatic heterocycles. The fourth-order valence-corrected chi connectivity index (χ4v) is 2.03. The van der Waals surface area contributed by atoms with Crippen molar-refractivity contribution in [3.63, 3.8) is 0 Å². The Kier molecular flexibility index (Phi) is 4.51. The summed E-state index contributed by atoms with van der Waals surface area (Å²) in [4.78, 5) is 0. The summed E-state index contributed by atoms with van der Waals surface area (Å²) >= 11 is 0. The van der Waals surface area contributed by atoms with Crippen molar-refractivity contribution in [1.82, 2.24) is 0 Å². The standard InChI is InChI=1S/C10H18O6/c1-11-5-15-7-3-13-10-8(16-6-12-2)4-14-9(7)10/h7-10H,3-6H2,1-2H3. The van der Waals surface area contributed by atoms with Crippen LogP contribution in [0.25, 0.3) is 0 Å². The van der Waals surface area contributed by atoms with E-state index in [4.69, 9.17) is 28.4 Å². The summed E-state index contributed by atoms with van der Waals surface area (Å²) in [6.45, 7) is 1.55. The van der Waals surface area contributed by atoms with Crippen molar-refractivity contribution in [2.45, 2.75) is 24.4 Å². The van der Waals surface area contributed by atoms with Crippen LogP contribution in [-0.2, 0) is 28.4 Å². The van der Waals surface area contributed by atoms with Gasteiger partial charge >= 0.3 is 0 Å². The molecule has 2 fully saturated rings. The van der Waals surface area contributed by atoms with Crippen molar-refractivity contribution in [3.05, 3.63) is 0 Å². The molecule has 4 unspecified atom stereocenters. The number of methoxy groups -OCH3 is 2. The third-order valence-corrected chi connectivity index (χ3v) is 2.76. The van der Waals surface area contributed by atoms with E-state index in [2.05, 4.69) is 0 Å². The van der Waals surface area contributed by atoms with Crippen LogP contribution in [0.2, 0.25) is 0 Å². The Balaban J connectivity index is 1.80. The highest BCUT2D eigenvalue weighted by Gasteiger charge is 2.48. The molecule has 0 aliphatic carbocycles. The van der Waals surface area contributed by atoms with E-state index in [0.717, 1.165) is 0 Å². The van der Waals surface area contributed by atoms with Crippen LogP contribution in [-0.4, -0.2) is 65.4 Å². The molecule has 2 saturated heterocycles. The molecular formula is C10H18O6. The van der Waals surface area contributed by atoms with Crippen LogP contribution in [0.1, 0.15) is 0 Å². The van der Waals surface area contributed by atoms with Gasteiger partial charge in [-0.2, -0.15) is 0 Å². The Hall–Kier alpha value is -0.240. The summed E-state index contributed by atoms with van der Waals surface area (Å²) in [6.07, 6.45) is -0.254. The maximum atomic E-state index is 5.61. The van der Waals surface area contributed by atoms with Crippen LogP contribution < -0.4 is 0 Å². The highest BCUT2D eigenvalue weighted by molar-refractivity contribution is 4.95. The van der Waals surface area contributed by atoms with E-state index in [-0.39, 0.29) is 38.0 Å². The summed E-state index contributed by atoms with van der Waals surface area (Å²) in [7, 11) is 3.18. The van der Waals surface area contributed by atoms with Gasteiger partial charge in [-0.05, 0) is 0 Å². The molecule has 0 spiro atoms. The van der Waals surface area contributed by atoms with Gasteiger partial charge in [-0.25, -0.2) is 0 Å². The van der Waals surface area contributed by atoms with Crippen molar-refractivity contribution in [3.8, 4) is 0 Å². The van der Waals surface area contributed by atoms with Crippen molar-refractivity contribution in [1.29, 1.82) is 0 Å². The van der Waals surface area contributed by atoms with E-state index in [9.17, 15) is 0 Å². The number of hydrogen-bond acceptors (Lipinski definition) is 6. The molecule has 0 aromatic rings. The molecule has 0 radical (unpaired) electrons. The van der Waals surface area contributed by atoms with Gasteiger partial charge in [0, 0.05) is 14.2 Å². The molecule has 94 valence electrons. The zero-order valence-corrected chi connectivity index (χ0v) is 9.59. The second kappa shape index (κ2) is 5.90. The summed E-state index contributed by atoms with van der Waals surface area (Å²) in [5.74, 6) is 0. The molecule has 0 N–H and O–H groups in total. The smallest absolute Gasteiger partial charge is 0.146 e. The van der Waals surface area contributed by atoms with Crippen LogP contribution in [0.5, 0.6) is 0 Å². The van der Waals surface area contributed by atoms with E-state index in [1.54, 1.807) is 14.2 Å². The monoisotopic (exact) mass is 234 g/mol. The molecule has 0 saturated carbocycles. The first kappa shape index (κ1) is 12.2. The quantitative estimate of drug-likeness (QED) is 0.591. The van der Waals surface area contributed by atoms with Crippen molar-refractivity contribution in [2.24, 2.45) is 0 Å². The lowest BCUT2D eigenvalue weighted by Gasteiger charge is -2.16. The van der Waals surface area contributed by atoms with Crippen LogP contribution in [0.4, 0.5) is 0 Å².